The lowest BCUT2D eigenvalue weighted by Crippen LogP contribution is -2.61. The first-order valence-corrected chi connectivity index (χ1v) is 9.17. The number of carboxylic acid groups (broad SMARTS) is 1. The van der Waals surface area contributed by atoms with Gasteiger partial charge < -0.3 is 20.0 Å². The van der Waals surface area contributed by atoms with Gasteiger partial charge in [0, 0.05) is 23.1 Å². The molecule has 2 saturated heterocycles. The molecular weight excluding hydrogens is 349 g/mol. The number of β-lactam (4-membered cyclic amide) rings is 1. The van der Waals surface area contributed by atoms with Crippen molar-refractivity contribution in [3.05, 3.63) is 10.6 Å². The van der Waals surface area contributed by atoms with Crippen LogP contribution >= 0.6 is 11.8 Å². The molecule has 0 aromatic carbocycles. The molecule has 2 fully saturated rings. The van der Waals surface area contributed by atoms with Crippen molar-refractivity contribution in [1.29, 1.82) is 5.41 Å². The number of aliphatic hydroxyl groups is 1. The van der Waals surface area contributed by atoms with Gasteiger partial charge in [-0.05, 0) is 20.3 Å². The fraction of sp³-hybridized carbons (Fsp3) is 0.688. The highest BCUT2D eigenvalue weighted by Gasteiger charge is 2.57. The van der Waals surface area contributed by atoms with Gasteiger partial charge in [0.05, 0.1) is 30.4 Å². The number of halogens is 1. The van der Waals surface area contributed by atoms with Crippen LogP contribution in [-0.4, -0.2) is 74.4 Å². The molecule has 0 unspecified atom stereocenters. The number of amides is 1. The zero-order valence-electron chi connectivity index (χ0n) is 14.1. The molecule has 25 heavy (non-hydrogen) atoms. The zero-order valence-corrected chi connectivity index (χ0v) is 14.9. The second-order valence-corrected chi connectivity index (χ2v) is 8.20. The number of nitrogens with zero attached hydrogens (tertiary/aromatic N) is 2. The van der Waals surface area contributed by atoms with Crippen molar-refractivity contribution in [2.45, 2.75) is 50.2 Å². The van der Waals surface area contributed by atoms with E-state index in [0.717, 1.165) is 0 Å². The van der Waals surface area contributed by atoms with Crippen molar-refractivity contribution >= 4 is 29.5 Å². The van der Waals surface area contributed by atoms with E-state index in [-0.39, 0.29) is 23.6 Å². The number of aliphatic hydroxyl groups excluding tert-OH is 1. The van der Waals surface area contributed by atoms with E-state index in [0.29, 0.717) is 30.1 Å². The molecular formula is C16H22FN3O4S. The smallest absolute Gasteiger partial charge is 0.353 e. The molecule has 0 saturated carbocycles. The molecule has 138 valence electrons. The molecule has 0 aliphatic carbocycles. The second kappa shape index (κ2) is 6.60. The Hall–Kier alpha value is -1.61. The number of thioether (sulfide) groups is 1. The third-order valence-electron chi connectivity index (χ3n) is 5.19. The van der Waals surface area contributed by atoms with E-state index < -0.39 is 30.0 Å². The fourth-order valence-electron chi connectivity index (χ4n) is 4.06. The van der Waals surface area contributed by atoms with Crippen LogP contribution in [0.3, 0.4) is 0 Å². The van der Waals surface area contributed by atoms with Crippen LogP contribution in [0.15, 0.2) is 10.6 Å². The standard InChI is InChI=1S/C16H22FN3O4S/c1-7(17)13-11-4-12(14(16(23)24)20(11)15(13)22)25-10-3-9(6-21)19(5-10)8(2)18/h7,9-11,13,18,21H,3-6H2,1-2H3,(H,23,24)/t7-,9-,10+,11-,13-/m1/s1. The molecule has 3 rings (SSSR count). The summed E-state index contributed by atoms with van der Waals surface area (Å²) in [6.07, 6.45) is -0.301. The van der Waals surface area contributed by atoms with Gasteiger partial charge in [-0.1, -0.05) is 0 Å². The summed E-state index contributed by atoms with van der Waals surface area (Å²) in [6, 6.07) is -0.556. The Morgan fingerprint density at radius 1 is 1.52 bits per heavy atom. The summed E-state index contributed by atoms with van der Waals surface area (Å²) in [6.45, 7) is 3.47. The van der Waals surface area contributed by atoms with Crippen molar-refractivity contribution in [2.75, 3.05) is 13.2 Å². The van der Waals surface area contributed by atoms with Crippen LogP contribution in [-0.2, 0) is 9.59 Å². The van der Waals surface area contributed by atoms with Gasteiger partial charge in [-0.15, -0.1) is 11.8 Å². The number of rotatable bonds is 5. The minimum Gasteiger partial charge on any atom is -0.477 e. The van der Waals surface area contributed by atoms with Gasteiger partial charge in [-0.2, -0.15) is 0 Å². The first-order chi connectivity index (χ1) is 11.8. The van der Waals surface area contributed by atoms with E-state index in [1.807, 2.05) is 0 Å². The van der Waals surface area contributed by atoms with Gasteiger partial charge >= 0.3 is 5.97 Å². The number of likely N-dealkylation sites (tertiary alicyclic amines) is 1. The van der Waals surface area contributed by atoms with E-state index in [1.165, 1.54) is 23.6 Å². The Balaban J connectivity index is 1.77. The topological polar surface area (TPSA) is 105 Å². The van der Waals surface area contributed by atoms with Gasteiger partial charge in [0.2, 0.25) is 5.91 Å². The van der Waals surface area contributed by atoms with Crippen LogP contribution in [0, 0.1) is 11.3 Å². The Kier molecular flexibility index (Phi) is 4.80. The number of carbonyl (C=O) groups excluding carboxylic acids is 1. The summed E-state index contributed by atoms with van der Waals surface area (Å²) in [7, 11) is 0. The average Bonchev–Trinajstić information content (AvgIpc) is 3.06. The number of carbonyl (C=O) groups is 2. The summed E-state index contributed by atoms with van der Waals surface area (Å²) in [5, 5.41) is 26.8. The Bertz CT molecular complexity index is 653. The van der Waals surface area contributed by atoms with Crippen molar-refractivity contribution < 1.29 is 24.2 Å². The predicted molar refractivity (Wildman–Crippen MR) is 90.9 cm³/mol. The molecule has 7 nitrogen and oxygen atoms in total. The van der Waals surface area contributed by atoms with Crippen LogP contribution in [0.1, 0.15) is 26.7 Å². The fourth-order valence-corrected chi connectivity index (χ4v) is 5.58. The van der Waals surface area contributed by atoms with E-state index in [9.17, 15) is 24.2 Å². The van der Waals surface area contributed by atoms with E-state index in [4.69, 9.17) is 5.41 Å². The lowest BCUT2D eigenvalue weighted by atomic mass is 9.84. The third kappa shape index (κ3) is 2.93. The summed E-state index contributed by atoms with van der Waals surface area (Å²) in [5.41, 5.74) is -0.0255. The normalized spacial score (nSPS) is 32.7. The van der Waals surface area contributed by atoms with Crippen molar-refractivity contribution in [1.82, 2.24) is 9.80 Å². The van der Waals surface area contributed by atoms with Gasteiger partial charge in [0.1, 0.15) is 11.9 Å². The number of hydrogen-bond donors (Lipinski definition) is 3. The van der Waals surface area contributed by atoms with Crippen LogP contribution in [0.5, 0.6) is 0 Å². The number of amidine groups is 1. The maximum Gasteiger partial charge on any atom is 0.353 e. The first-order valence-electron chi connectivity index (χ1n) is 8.29. The van der Waals surface area contributed by atoms with Gasteiger partial charge in [-0.3, -0.25) is 10.2 Å². The first kappa shape index (κ1) is 18.2. The highest BCUT2D eigenvalue weighted by atomic mass is 32.2. The molecule has 5 atom stereocenters. The van der Waals surface area contributed by atoms with Crippen molar-refractivity contribution in [2.24, 2.45) is 5.92 Å². The molecule has 3 aliphatic heterocycles. The van der Waals surface area contributed by atoms with Gasteiger partial charge in [0.25, 0.3) is 0 Å². The molecule has 3 N–H and O–H groups in total. The SMILES string of the molecule is CC(=N)N1C[C@@H](SC2=C(C(=O)O)N3C(=O)[C@H]([C@@H](C)F)[C@H]3C2)C[C@@H]1CO. The van der Waals surface area contributed by atoms with E-state index >= 15 is 0 Å². The van der Waals surface area contributed by atoms with Crippen molar-refractivity contribution in [3.63, 3.8) is 0 Å². The van der Waals surface area contributed by atoms with Crippen LogP contribution < -0.4 is 0 Å². The molecule has 1 amide bonds. The minimum atomic E-state index is -1.30. The molecule has 0 aromatic heterocycles. The highest BCUT2D eigenvalue weighted by molar-refractivity contribution is 8.03. The van der Waals surface area contributed by atoms with Crippen LogP contribution in [0.25, 0.3) is 0 Å². The monoisotopic (exact) mass is 371 g/mol. The summed E-state index contributed by atoms with van der Waals surface area (Å²) < 4.78 is 13.7. The average molecular weight is 371 g/mol. The molecule has 0 aromatic rings. The summed E-state index contributed by atoms with van der Waals surface area (Å²) in [5.74, 6) is -2.02. The maximum absolute atomic E-state index is 13.7. The van der Waals surface area contributed by atoms with E-state index in [2.05, 4.69) is 0 Å². The number of aliphatic carboxylic acids is 1. The lowest BCUT2D eigenvalue weighted by molar-refractivity contribution is -0.158. The lowest BCUT2D eigenvalue weighted by Gasteiger charge is -2.43. The van der Waals surface area contributed by atoms with E-state index in [1.54, 1.807) is 11.8 Å². The Labute approximate surface area is 149 Å². The quantitative estimate of drug-likeness (QED) is 0.379. The number of nitrogens with one attached hydrogen (secondary N) is 1. The largest absolute Gasteiger partial charge is 0.477 e. The molecule has 3 heterocycles. The Morgan fingerprint density at radius 3 is 2.68 bits per heavy atom. The molecule has 0 radical (unpaired) electrons. The van der Waals surface area contributed by atoms with Gasteiger partial charge in [-0.25, -0.2) is 9.18 Å². The number of carboxylic acids is 1. The number of hydrogen-bond acceptors (Lipinski definition) is 5. The van der Waals surface area contributed by atoms with Crippen molar-refractivity contribution in [3.8, 4) is 0 Å². The third-order valence-corrected chi connectivity index (χ3v) is 6.51. The second-order valence-electron chi connectivity index (χ2n) is 6.81. The predicted octanol–water partition coefficient (Wildman–Crippen LogP) is 1.04. The van der Waals surface area contributed by atoms with Crippen LogP contribution in [0.4, 0.5) is 4.39 Å². The number of alkyl halides is 1. The Morgan fingerprint density at radius 2 is 2.20 bits per heavy atom. The minimum absolute atomic E-state index is 0.0249. The summed E-state index contributed by atoms with van der Waals surface area (Å²) in [4.78, 5) is 27.4. The van der Waals surface area contributed by atoms with Crippen LogP contribution in [0.2, 0.25) is 0 Å². The summed E-state index contributed by atoms with van der Waals surface area (Å²) >= 11 is 1.39. The number of fused-ring (bicyclic) bond motifs is 1. The highest BCUT2D eigenvalue weighted by Crippen LogP contribution is 2.49. The maximum atomic E-state index is 13.7. The molecule has 9 heteroatoms. The molecule has 0 spiro atoms. The zero-order chi connectivity index (χ0) is 18.5. The van der Waals surface area contributed by atoms with Gasteiger partial charge in [0.15, 0.2) is 0 Å². The molecule has 3 aliphatic rings. The molecule has 0 bridgehead atoms.